The molecule has 17 heavy (non-hydrogen) atoms. The van der Waals surface area contributed by atoms with Gasteiger partial charge in [-0.25, -0.2) is 4.39 Å². The quantitative estimate of drug-likeness (QED) is 0.884. The molecule has 2 nitrogen and oxygen atoms in total. The molecular formula is C13H16ClFO2. The Morgan fingerprint density at radius 2 is 2.00 bits per heavy atom. The van der Waals surface area contributed by atoms with Crippen molar-refractivity contribution in [3.63, 3.8) is 0 Å². The van der Waals surface area contributed by atoms with Crippen molar-refractivity contribution in [2.75, 3.05) is 13.2 Å². The summed E-state index contributed by atoms with van der Waals surface area (Å²) in [5.41, 5.74) is -0.485. The van der Waals surface area contributed by atoms with E-state index in [0.29, 0.717) is 29.4 Å². The first-order valence-corrected chi connectivity index (χ1v) is 5.92. The largest absolute Gasteiger partial charge is 0.389 e. The topological polar surface area (TPSA) is 29.5 Å². The molecule has 1 heterocycles. The molecule has 2 rings (SSSR count). The maximum atomic E-state index is 13.7. The number of benzene rings is 1. The molecule has 0 unspecified atom stereocenters. The summed E-state index contributed by atoms with van der Waals surface area (Å²) in [6, 6.07) is 3.01. The highest BCUT2D eigenvalue weighted by molar-refractivity contribution is 6.31. The third-order valence-electron chi connectivity index (χ3n) is 3.63. The summed E-state index contributed by atoms with van der Waals surface area (Å²) in [5.74, 6) is -0.306. The Bertz CT molecular complexity index is 447. The Labute approximate surface area is 105 Å². The standard InChI is InChI=1S/C13H16ClFO2/c1-8-4-10(14)9(5-11(8)15)13(6-17-7-13)12(2,3)16/h4-5,16H,6-7H2,1-3H3. The Morgan fingerprint density at radius 3 is 2.41 bits per heavy atom. The van der Waals surface area contributed by atoms with Gasteiger partial charge in [0.05, 0.1) is 24.2 Å². The van der Waals surface area contributed by atoms with Crippen LogP contribution in [0.1, 0.15) is 25.0 Å². The normalized spacial score (nSPS) is 18.9. The van der Waals surface area contributed by atoms with Crippen LogP contribution in [0.15, 0.2) is 12.1 Å². The van der Waals surface area contributed by atoms with Gasteiger partial charge in [0.25, 0.3) is 0 Å². The zero-order valence-electron chi connectivity index (χ0n) is 10.2. The van der Waals surface area contributed by atoms with Crippen LogP contribution in [0.3, 0.4) is 0 Å². The van der Waals surface area contributed by atoms with Gasteiger partial charge in [-0.1, -0.05) is 11.6 Å². The number of hydrogen-bond donors (Lipinski definition) is 1. The molecule has 1 fully saturated rings. The van der Waals surface area contributed by atoms with Crippen molar-refractivity contribution in [3.8, 4) is 0 Å². The summed E-state index contributed by atoms with van der Waals surface area (Å²) in [5, 5.41) is 10.7. The van der Waals surface area contributed by atoms with Crippen LogP contribution in [0.4, 0.5) is 4.39 Å². The SMILES string of the molecule is Cc1cc(Cl)c(C2(C(C)(C)O)COC2)cc1F. The van der Waals surface area contributed by atoms with E-state index in [-0.39, 0.29) is 5.82 Å². The van der Waals surface area contributed by atoms with Crippen molar-refractivity contribution in [2.45, 2.75) is 31.8 Å². The van der Waals surface area contributed by atoms with Crippen molar-refractivity contribution in [2.24, 2.45) is 0 Å². The fraction of sp³-hybridized carbons (Fsp3) is 0.538. The van der Waals surface area contributed by atoms with E-state index in [0.717, 1.165) is 0 Å². The van der Waals surface area contributed by atoms with Gasteiger partial charge in [-0.3, -0.25) is 0 Å². The molecule has 1 aliphatic heterocycles. The number of aryl methyl sites for hydroxylation is 1. The Balaban J connectivity index is 2.56. The smallest absolute Gasteiger partial charge is 0.126 e. The lowest BCUT2D eigenvalue weighted by Gasteiger charge is -2.50. The van der Waals surface area contributed by atoms with Gasteiger partial charge in [-0.05, 0) is 44.0 Å². The molecule has 0 aromatic heterocycles. The Morgan fingerprint density at radius 1 is 1.41 bits per heavy atom. The minimum atomic E-state index is -1.00. The van der Waals surface area contributed by atoms with E-state index in [4.69, 9.17) is 16.3 Å². The van der Waals surface area contributed by atoms with Crippen molar-refractivity contribution in [1.29, 1.82) is 0 Å². The van der Waals surface area contributed by atoms with Gasteiger partial charge in [0.15, 0.2) is 0 Å². The van der Waals surface area contributed by atoms with Crippen LogP contribution >= 0.6 is 11.6 Å². The second kappa shape index (κ2) is 3.94. The maximum absolute atomic E-state index is 13.7. The number of hydrogen-bond acceptors (Lipinski definition) is 2. The van der Waals surface area contributed by atoms with Gasteiger partial charge in [0.2, 0.25) is 0 Å². The molecule has 0 bridgehead atoms. The third-order valence-corrected chi connectivity index (χ3v) is 3.94. The predicted molar refractivity (Wildman–Crippen MR) is 64.9 cm³/mol. The fourth-order valence-electron chi connectivity index (χ4n) is 2.16. The number of aliphatic hydroxyl groups is 1. The highest BCUT2D eigenvalue weighted by Gasteiger charge is 2.52. The summed E-state index contributed by atoms with van der Waals surface area (Å²) in [4.78, 5) is 0. The lowest BCUT2D eigenvalue weighted by atomic mass is 9.67. The van der Waals surface area contributed by atoms with Crippen molar-refractivity contribution in [3.05, 3.63) is 34.1 Å². The van der Waals surface area contributed by atoms with E-state index in [2.05, 4.69) is 0 Å². The molecule has 0 atom stereocenters. The van der Waals surface area contributed by atoms with Gasteiger partial charge >= 0.3 is 0 Å². The molecule has 1 aromatic rings. The third kappa shape index (κ3) is 1.86. The van der Waals surface area contributed by atoms with E-state index in [9.17, 15) is 9.50 Å². The number of ether oxygens (including phenoxy) is 1. The second-order valence-corrected chi connectivity index (χ2v) is 5.62. The molecule has 0 spiro atoms. The van der Waals surface area contributed by atoms with E-state index >= 15 is 0 Å². The summed E-state index contributed by atoms with van der Waals surface area (Å²) in [6.07, 6.45) is 0. The Kier molecular flexibility index (Phi) is 2.97. The number of rotatable bonds is 2. The van der Waals surface area contributed by atoms with Crippen LogP contribution in [0.5, 0.6) is 0 Å². The highest BCUT2D eigenvalue weighted by Crippen LogP contribution is 2.45. The maximum Gasteiger partial charge on any atom is 0.126 e. The van der Waals surface area contributed by atoms with Crippen LogP contribution < -0.4 is 0 Å². The monoisotopic (exact) mass is 258 g/mol. The summed E-state index contributed by atoms with van der Waals surface area (Å²) >= 11 is 6.17. The second-order valence-electron chi connectivity index (χ2n) is 5.22. The summed E-state index contributed by atoms with van der Waals surface area (Å²) in [6.45, 7) is 5.78. The van der Waals surface area contributed by atoms with Crippen molar-refractivity contribution < 1.29 is 14.2 Å². The van der Waals surface area contributed by atoms with E-state index in [1.54, 1.807) is 26.8 Å². The van der Waals surface area contributed by atoms with Crippen LogP contribution in [-0.2, 0) is 10.2 Å². The molecular weight excluding hydrogens is 243 g/mol. The number of halogens is 2. The van der Waals surface area contributed by atoms with Gasteiger partial charge in [-0.15, -0.1) is 0 Å². The molecule has 1 aliphatic rings. The molecule has 1 saturated heterocycles. The zero-order valence-corrected chi connectivity index (χ0v) is 10.9. The molecule has 0 radical (unpaired) electrons. The van der Waals surface area contributed by atoms with Crippen LogP contribution in [-0.4, -0.2) is 23.9 Å². The minimum Gasteiger partial charge on any atom is -0.389 e. The average molecular weight is 259 g/mol. The first-order chi connectivity index (χ1) is 7.78. The van der Waals surface area contributed by atoms with Crippen LogP contribution in [0.2, 0.25) is 5.02 Å². The van der Waals surface area contributed by atoms with Crippen LogP contribution in [0.25, 0.3) is 0 Å². The Hall–Kier alpha value is -0.640. The molecule has 0 saturated carbocycles. The molecule has 4 heteroatoms. The fourth-order valence-corrected chi connectivity index (χ4v) is 2.56. The zero-order chi connectivity index (χ0) is 12.8. The summed E-state index contributed by atoms with van der Waals surface area (Å²) in [7, 11) is 0. The van der Waals surface area contributed by atoms with Crippen LogP contribution in [0, 0.1) is 12.7 Å². The van der Waals surface area contributed by atoms with Crippen molar-refractivity contribution in [1.82, 2.24) is 0 Å². The first kappa shape index (κ1) is 12.8. The van der Waals surface area contributed by atoms with E-state index in [1.807, 2.05) is 0 Å². The molecule has 1 N–H and O–H groups in total. The predicted octanol–water partition coefficient (Wildman–Crippen LogP) is 2.83. The lowest BCUT2D eigenvalue weighted by molar-refractivity contribution is -0.157. The average Bonchev–Trinajstić information content (AvgIpc) is 2.09. The van der Waals surface area contributed by atoms with Gasteiger partial charge in [-0.2, -0.15) is 0 Å². The van der Waals surface area contributed by atoms with Gasteiger partial charge < -0.3 is 9.84 Å². The lowest BCUT2D eigenvalue weighted by Crippen LogP contribution is -2.60. The minimum absolute atomic E-state index is 0.306. The molecule has 0 amide bonds. The van der Waals surface area contributed by atoms with Gasteiger partial charge in [0.1, 0.15) is 5.82 Å². The van der Waals surface area contributed by atoms with E-state index < -0.39 is 11.0 Å². The highest BCUT2D eigenvalue weighted by atomic mass is 35.5. The van der Waals surface area contributed by atoms with Crippen molar-refractivity contribution >= 4 is 11.6 Å². The van der Waals surface area contributed by atoms with Gasteiger partial charge in [0, 0.05) is 5.02 Å². The molecule has 1 aromatic carbocycles. The molecule has 94 valence electrons. The molecule has 0 aliphatic carbocycles. The van der Waals surface area contributed by atoms with E-state index in [1.165, 1.54) is 6.07 Å². The summed E-state index contributed by atoms with van der Waals surface area (Å²) < 4.78 is 18.9. The first-order valence-electron chi connectivity index (χ1n) is 5.54.